The van der Waals surface area contributed by atoms with E-state index in [2.05, 4.69) is 10.4 Å². The lowest BCUT2D eigenvalue weighted by Crippen LogP contribution is -2.43. The van der Waals surface area contributed by atoms with Crippen LogP contribution in [-0.2, 0) is 15.1 Å². The lowest BCUT2D eigenvalue weighted by molar-refractivity contribution is -0.140. The fourth-order valence-electron chi connectivity index (χ4n) is 4.09. The molecule has 8 nitrogen and oxygen atoms in total. The van der Waals surface area contributed by atoms with E-state index in [1.165, 1.54) is 35.6 Å². The monoisotopic (exact) mass is 484 g/mol. The highest BCUT2D eigenvalue weighted by molar-refractivity contribution is 7.12. The predicted molar refractivity (Wildman–Crippen MR) is 118 cm³/mol. The number of imide groups is 1. The van der Waals surface area contributed by atoms with E-state index in [1.807, 2.05) is 17.5 Å². The van der Waals surface area contributed by atoms with Gasteiger partial charge in [0.2, 0.25) is 0 Å². The van der Waals surface area contributed by atoms with E-state index in [0.717, 1.165) is 21.9 Å². The van der Waals surface area contributed by atoms with Gasteiger partial charge in [0.25, 0.3) is 11.8 Å². The number of hydrazone groups is 1. The molecule has 0 radical (unpaired) electrons. The molecule has 1 saturated heterocycles. The van der Waals surface area contributed by atoms with Crippen molar-refractivity contribution in [2.45, 2.75) is 24.9 Å². The maximum absolute atomic E-state index is 13.8. The van der Waals surface area contributed by atoms with Crippen molar-refractivity contribution in [2.24, 2.45) is 5.10 Å². The number of rotatable bonds is 5. The third-order valence-electron chi connectivity index (χ3n) is 5.91. The van der Waals surface area contributed by atoms with Crippen LogP contribution in [0.25, 0.3) is 0 Å². The largest absolute Gasteiger partial charge is 0.467 e. The minimum atomic E-state index is -1.65. The van der Waals surface area contributed by atoms with Crippen molar-refractivity contribution in [3.05, 3.63) is 81.9 Å². The molecule has 3 aromatic rings. The molecule has 5 rings (SSSR count). The number of amides is 4. The summed E-state index contributed by atoms with van der Waals surface area (Å²) in [7, 11) is 0. The van der Waals surface area contributed by atoms with Crippen LogP contribution in [0.2, 0.25) is 0 Å². The van der Waals surface area contributed by atoms with Crippen LogP contribution in [-0.4, -0.2) is 40.0 Å². The smallest absolute Gasteiger partial charge is 0.325 e. The fraction of sp³-hybridized carbons (Fsp3) is 0.217. The van der Waals surface area contributed by atoms with Crippen molar-refractivity contribution in [1.29, 1.82) is 0 Å². The number of halogens is 2. The topological polar surface area (TPSA) is 95.2 Å². The van der Waals surface area contributed by atoms with Crippen molar-refractivity contribution < 1.29 is 27.6 Å². The average molecular weight is 484 g/mol. The minimum absolute atomic E-state index is 0.0623. The van der Waals surface area contributed by atoms with Crippen molar-refractivity contribution in [3.63, 3.8) is 0 Å². The Labute approximate surface area is 196 Å². The van der Waals surface area contributed by atoms with Crippen LogP contribution in [0.5, 0.6) is 0 Å². The Kier molecular flexibility index (Phi) is 5.28. The quantitative estimate of drug-likeness (QED) is 0.558. The summed E-state index contributed by atoms with van der Waals surface area (Å²) >= 11 is 1.48. The van der Waals surface area contributed by atoms with Crippen LogP contribution < -0.4 is 5.32 Å². The molecular weight excluding hydrogens is 466 g/mol. The van der Waals surface area contributed by atoms with Gasteiger partial charge in [0, 0.05) is 6.42 Å². The first-order chi connectivity index (χ1) is 16.3. The molecule has 4 heterocycles. The highest BCUT2D eigenvalue weighted by Crippen LogP contribution is 2.35. The molecular formula is C23H18F2N4O4S. The molecule has 11 heteroatoms. The molecule has 0 saturated carbocycles. The molecule has 1 fully saturated rings. The Hall–Kier alpha value is -3.86. The number of nitrogens with zero attached hydrogens (tertiary/aromatic N) is 3. The van der Waals surface area contributed by atoms with Crippen LogP contribution in [0.15, 0.2) is 63.6 Å². The highest BCUT2D eigenvalue weighted by atomic mass is 32.1. The van der Waals surface area contributed by atoms with E-state index in [0.29, 0.717) is 17.9 Å². The minimum Gasteiger partial charge on any atom is -0.467 e. The van der Waals surface area contributed by atoms with Crippen LogP contribution in [0.1, 0.15) is 35.6 Å². The summed E-state index contributed by atoms with van der Waals surface area (Å²) in [6.07, 6.45) is 1.90. The van der Waals surface area contributed by atoms with E-state index >= 15 is 0 Å². The molecule has 174 valence electrons. The highest BCUT2D eigenvalue weighted by Gasteiger charge is 2.50. The summed E-state index contributed by atoms with van der Waals surface area (Å²) < 4.78 is 32.6. The standard InChI is InChI=1S/C23H18F2N4O4S/c1-23(13-6-7-14(24)15(25)10-13)21(31)28(22(32)26-23)12-20(30)29-17(18-4-2-8-33-18)11-16(27-29)19-5-3-9-34-19/h2-10,17H,11-12H2,1H3,(H,26,32). The third kappa shape index (κ3) is 3.58. The molecule has 0 aliphatic carbocycles. The number of carbonyl (C=O) groups is 3. The van der Waals surface area contributed by atoms with Crippen molar-refractivity contribution in [2.75, 3.05) is 6.54 Å². The van der Waals surface area contributed by atoms with E-state index in [9.17, 15) is 23.2 Å². The summed E-state index contributed by atoms with van der Waals surface area (Å²) in [4.78, 5) is 40.7. The van der Waals surface area contributed by atoms with Crippen LogP contribution >= 0.6 is 11.3 Å². The summed E-state index contributed by atoms with van der Waals surface area (Å²) in [5, 5.41) is 10.1. The van der Waals surface area contributed by atoms with E-state index in [1.54, 1.807) is 12.1 Å². The molecule has 2 aliphatic rings. The number of hydrogen-bond donors (Lipinski definition) is 1. The second kappa shape index (κ2) is 8.17. The molecule has 4 amide bonds. The van der Waals surface area contributed by atoms with Gasteiger partial charge >= 0.3 is 6.03 Å². The zero-order valence-corrected chi connectivity index (χ0v) is 18.6. The first-order valence-corrected chi connectivity index (χ1v) is 11.2. The zero-order chi connectivity index (χ0) is 24.0. The Morgan fingerprint density at radius 3 is 2.74 bits per heavy atom. The van der Waals surface area contributed by atoms with Gasteiger partial charge in [0.05, 0.1) is 16.9 Å². The van der Waals surface area contributed by atoms with Gasteiger partial charge in [-0.2, -0.15) is 5.10 Å². The predicted octanol–water partition coefficient (Wildman–Crippen LogP) is 3.76. The van der Waals surface area contributed by atoms with E-state index in [4.69, 9.17) is 4.42 Å². The number of carbonyl (C=O) groups excluding carboxylic acids is 3. The zero-order valence-electron chi connectivity index (χ0n) is 17.8. The van der Waals surface area contributed by atoms with Gasteiger partial charge in [-0.05, 0) is 48.2 Å². The molecule has 2 aromatic heterocycles. The number of hydrogen-bond acceptors (Lipinski definition) is 6. The lowest BCUT2D eigenvalue weighted by atomic mass is 9.92. The number of nitrogens with one attached hydrogen (secondary N) is 1. The van der Waals surface area contributed by atoms with Crippen LogP contribution in [0, 0.1) is 11.6 Å². The second-order valence-corrected chi connectivity index (χ2v) is 9.02. The maximum Gasteiger partial charge on any atom is 0.325 e. The van der Waals surface area contributed by atoms with Crippen LogP contribution in [0.3, 0.4) is 0 Å². The molecule has 2 atom stereocenters. The molecule has 2 aliphatic heterocycles. The Balaban J connectivity index is 1.40. The normalized spacial score (nSPS) is 22.3. The molecule has 0 spiro atoms. The molecule has 1 N–H and O–H groups in total. The van der Waals surface area contributed by atoms with Crippen molar-refractivity contribution in [1.82, 2.24) is 15.2 Å². The second-order valence-electron chi connectivity index (χ2n) is 8.07. The van der Waals surface area contributed by atoms with Gasteiger partial charge in [-0.3, -0.25) is 14.5 Å². The summed E-state index contributed by atoms with van der Waals surface area (Å²) in [5.74, 6) is -3.05. The van der Waals surface area contributed by atoms with Gasteiger partial charge in [-0.1, -0.05) is 12.1 Å². The number of urea groups is 1. The molecule has 0 bridgehead atoms. The maximum atomic E-state index is 13.8. The van der Waals surface area contributed by atoms with Crippen molar-refractivity contribution in [3.8, 4) is 0 Å². The van der Waals surface area contributed by atoms with Crippen molar-refractivity contribution >= 4 is 34.9 Å². The SMILES string of the molecule is CC1(c2ccc(F)c(F)c2)NC(=O)N(CC(=O)N2N=C(c3cccs3)CC2c2ccco2)C1=O. The fourth-order valence-corrected chi connectivity index (χ4v) is 4.81. The summed E-state index contributed by atoms with van der Waals surface area (Å²) in [6, 6.07) is 8.79. The first-order valence-electron chi connectivity index (χ1n) is 10.3. The van der Waals surface area contributed by atoms with E-state index < -0.39 is 47.6 Å². The molecule has 2 unspecified atom stereocenters. The number of furan rings is 1. The van der Waals surface area contributed by atoms with Gasteiger partial charge in [0.15, 0.2) is 11.6 Å². The molecule has 1 aromatic carbocycles. The Morgan fingerprint density at radius 2 is 2.06 bits per heavy atom. The summed E-state index contributed by atoms with van der Waals surface area (Å²) in [5.41, 5.74) is -0.899. The number of thiophene rings is 1. The lowest BCUT2D eigenvalue weighted by Gasteiger charge is -2.24. The van der Waals surface area contributed by atoms with Gasteiger partial charge in [0.1, 0.15) is 23.9 Å². The van der Waals surface area contributed by atoms with Gasteiger partial charge in [-0.15, -0.1) is 11.3 Å². The van der Waals surface area contributed by atoms with Crippen LogP contribution in [0.4, 0.5) is 13.6 Å². The number of benzene rings is 1. The Bertz CT molecular complexity index is 1310. The van der Waals surface area contributed by atoms with Gasteiger partial charge in [-0.25, -0.2) is 18.6 Å². The average Bonchev–Trinajstić information content (AvgIpc) is 3.60. The Morgan fingerprint density at radius 1 is 1.24 bits per heavy atom. The van der Waals surface area contributed by atoms with Gasteiger partial charge < -0.3 is 9.73 Å². The molecule has 34 heavy (non-hydrogen) atoms. The first kappa shape index (κ1) is 22.0. The summed E-state index contributed by atoms with van der Waals surface area (Å²) in [6.45, 7) is 0.793. The third-order valence-corrected chi connectivity index (χ3v) is 6.83. The van der Waals surface area contributed by atoms with E-state index in [-0.39, 0.29) is 5.56 Å².